The molecule has 22 heavy (non-hydrogen) atoms. The molecular formula is C14H18N2O6. The van der Waals surface area contributed by atoms with Crippen LogP contribution in [0.15, 0.2) is 18.2 Å². The molecular weight excluding hydrogens is 292 g/mol. The predicted molar refractivity (Wildman–Crippen MR) is 78.1 cm³/mol. The fraction of sp³-hybridized carbons (Fsp3) is 0.429. The van der Waals surface area contributed by atoms with Crippen LogP contribution in [0.25, 0.3) is 0 Å². The number of nitrogens with zero attached hydrogens (tertiary/aromatic N) is 1. The van der Waals surface area contributed by atoms with E-state index in [2.05, 4.69) is 5.32 Å². The second-order valence-electron chi connectivity index (χ2n) is 4.60. The molecule has 0 bridgehead atoms. The quantitative estimate of drug-likeness (QED) is 0.409. The van der Waals surface area contributed by atoms with E-state index in [1.54, 1.807) is 0 Å². The van der Waals surface area contributed by atoms with Crippen molar-refractivity contribution in [2.45, 2.75) is 25.7 Å². The van der Waals surface area contributed by atoms with Gasteiger partial charge >= 0.3 is 11.7 Å². The normalized spacial score (nSPS) is 10.0. The number of unbranched alkanes of at least 4 members (excludes halogenated alkanes) is 2. The molecule has 0 saturated heterocycles. The summed E-state index contributed by atoms with van der Waals surface area (Å²) in [6, 6.07) is 3.99. The third-order valence-corrected chi connectivity index (χ3v) is 2.99. The topological polar surface area (TPSA) is 119 Å². The Morgan fingerprint density at radius 1 is 1.32 bits per heavy atom. The zero-order valence-corrected chi connectivity index (χ0v) is 12.2. The number of rotatable bonds is 9. The zero-order valence-electron chi connectivity index (χ0n) is 12.2. The molecule has 0 heterocycles. The number of carbonyl (C=O) groups excluding carboxylic acids is 1. The Kier molecular flexibility index (Phi) is 6.81. The molecule has 0 unspecified atom stereocenters. The Bertz CT molecular complexity index is 558. The summed E-state index contributed by atoms with van der Waals surface area (Å²) < 4.78 is 4.86. The number of nitrogens with one attached hydrogen (secondary N) is 1. The number of ether oxygens (including phenoxy) is 1. The van der Waals surface area contributed by atoms with Crippen molar-refractivity contribution in [3.8, 4) is 5.75 Å². The van der Waals surface area contributed by atoms with Gasteiger partial charge in [-0.15, -0.1) is 0 Å². The van der Waals surface area contributed by atoms with Gasteiger partial charge in [0.05, 0.1) is 12.0 Å². The molecule has 0 spiro atoms. The number of benzene rings is 1. The van der Waals surface area contributed by atoms with Crippen LogP contribution in [0.3, 0.4) is 0 Å². The number of nitro benzene ring substituents is 1. The minimum absolute atomic E-state index is 0.0928. The number of hydrogen-bond donors (Lipinski definition) is 2. The lowest BCUT2D eigenvalue weighted by Gasteiger charge is -2.06. The van der Waals surface area contributed by atoms with Crippen molar-refractivity contribution in [1.29, 1.82) is 0 Å². The molecule has 8 heteroatoms. The van der Waals surface area contributed by atoms with Crippen LogP contribution in [0.4, 0.5) is 5.69 Å². The van der Waals surface area contributed by atoms with Gasteiger partial charge in [0.25, 0.3) is 5.91 Å². The van der Waals surface area contributed by atoms with Crippen molar-refractivity contribution < 1.29 is 24.4 Å². The van der Waals surface area contributed by atoms with E-state index in [4.69, 9.17) is 9.84 Å². The van der Waals surface area contributed by atoms with Gasteiger partial charge < -0.3 is 15.2 Å². The zero-order chi connectivity index (χ0) is 16.5. The summed E-state index contributed by atoms with van der Waals surface area (Å²) in [6.45, 7) is 0.387. The van der Waals surface area contributed by atoms with Gasteiger partial charge in [-0.1, -0.05) is 6.42 Å². The Morgan fingerprint density at radius 2 is 2.05 bits per heavy atom. The average Bonchev–Trinajstić information content (AvgIpc) is 2.49. The lowest BCUT2D eigenvalue weighted by molar-refractivity contribution is -0.385. The van der Waals surface area contributed by atoms with Gasteiger partial charge in [0.1, 0.15) is 0 Å². The third-order valence-electron chi connectivity index (χ3n) is 2.99. The average molecular weight is 310 g/mol. The Morgan fingerprint density at radius 3 is 2.64 bits per heavy atom. The lowest BCUT2D eigenvalue weighted by atomic mass is 10.1. The molecule has 0 aliphatic rings. The Balaban J connectivity index is 2.50. The summed E-state index contributed by atoms with van der Waals surface area (Å²) in [7, 11) is 1.32. The van der Waals surface area contributed by atoms with Gasteiger partial charge in [0.2, 0.25) is 0 Å². The lowest BCUT2D eigenvalue weighted by Crippen LogP contribution is -2.24. The fourth-order valence-electron chi connectivity index (χ4n) is 1.86. The van der Waals surface area contributed by atoms with Crippen LogP contribution >= 0.6 is 0 Å². The molecule has 1 aromatic carbocycles. The van der Waals surface area contributed by atoms with Gasteiger partial charge in [-0.05, 0) is 25.0 Å². The van der Waals surface area contributed by atoms with Crippen molar-refractivity contribution in [3.63, 3.8) is 0 Å². The van der Waals surface area contributed by atoms with Crippen LogP contribution in [-0.2, 0) is 4.79 Å². The van der Waals surface area contributed by atoms with Crippen LogP contribution in [0.1, 0.15) is 36.0 Å². The number of carboxylic acid groups (broad SMARTS) is 1. The van der Waals surface area contributed by atoms with E-state index >= 15 is 0 Å². The Labute approximate surface area is 127 Å². The molecule has 0 atom stereocenters. The summed E-state index contributed by atoms with van der Waals surface area (Å²) in [5.41, 5.74) is -0.0883. The molecule has 0 aromatic heterocycles. The minimum Gasteiger partial charge on any atom is -0.490 e. The molecule has 1 aromatic rings. The molecule has 0 aliphatic carbocycles. The smallest absolute Gasteiger partial charge is 0.311 e. The van der Waals surface area contributed by atoms with E-state index < -0.39 is 16.8 Å². The number of nitro groups is 1. The first-order valence-electron chi connectivity index (χ1n) is 6.78. The number of amides is 1. The second-order valence-corrected chi connectivity index (χ2v) is 4.60. The van der Waals surface area contributed by atoms with Crippen LogP contribution < -0.4 is 10.1 Å². The van der Waals surface area contributed by atoms with Gasteiger partial charge in [-0.3, -0.25) is 19.7 Å². The molecule has 0 saturated carbocycles. The summed E-state index contributed by atoms with van der Waals surface area (Å²) in [5, 5.41) is 22.0. The molecule has 1 rings (SSSR count). The first-order valence-corrected chi connectivity index (χ1v) is 6.78. The Hall–Kier alpha value is -2.64. The molecule has 0 fully saturated rings. The summed E-state index contributed by atoms with van der Waals surface area (Å²) >= 11 is 0. The summed E-state index contributed by atoms with van der Waals surface area (Å²) in [4.78, 5) is 32.5. The number of hydrogen-bond acceptors (Lipinski definition) is 5. The maximum absolute atomic E-state index is 11.9. The molecule has 8 nitrogen and oxygen atoms in total. The van der Waals surface area contributed by atoms with Gasteiger partial charge in [-0.2, -0.15) is 0 Å². The number of methoxy groups -OCH3 is 1. The molecule has 0 aliphatic heterocycles. The SMILES string of the molecule is COc1ccc(C(=O)NCCCCCC(=O)O)cc1[N+](=O)[O-]. The molecule has 0 radical (unpaired) electrons. The van der Waals surface area contributed by atoms with E-state index in [-0.39, 0.29) is 23.4 Å². The van der Waals surface area contributed by atoms with Gasteiger partial charge in [0, 0.05) is 24.6 Å². The van der Waals surface area contributed by atoms with Crippen molar-refractivity contribution in [2.75, 3.05) is 13.7 Å². The fourth-order valence-corrected chi connectivity index (χ4v) is 1.86. The van der Waals surface area contributed by atoms with Crippen molar-refractivity contribution in [2.24, 2.45) is 0 Å². The molecule has 1 amide bonds. The van der Waals surface area contributed by atoms with E-state index in [0.717, 1.165) is 0 Å². The highest BCUT2D eigenvalue weighted by molar-refractivity contribution is 5.95. The highest BCUT2D eigenvalue weighted by Gasteiger charge is 2.17. The number of carbonyl (C=O) groups is 2. The second kappa shape index (κ2) is 8.60. The first-order chi connectivity index (χ1) is 10.5. The molecule has 2 N–H and O–H groups in total. The van der Waals surface area contributed by atoms with Crippen LogP contribution in [0.5, 0.6) is 5.75 Å². The largest absolute Gasteiger partial charge is 0.490 e. The van der Waals surface area contributed by atoms with E-state index in [9.17, 15) is 19.7 Å². The van der Waals surface area contributed by atoms with Gasteiger partial charge in [-0.25, -0.2) is 0 Å². The standard InChI is InChI=1S/C14H18N2O6/c1-22-12-7-6-10(9-11(12)16(20)21)14(19)15-8-4-2-3-5-13(17)18/h6-7,9H,2-5,8H2,1H3,(H,15,19)(H,17,18). The number of aliphatic carboxylic acids is 1. The van der Waals surface area contributed by atoms with E-state index in [1.165, 1.54) is 25.3 Å². The predicted octanol–water partition coefficient (Wildman–Crippen LogP) is 1.98. The minimum atomic E-state index is -0.838. The van der Waals surface area contributed by atoms with Crippen molar-refractivity contribution in [1.82, 2.24) is 5.32 Å². The van der Waals surface area contributed by atoms with Crippen molar-refractivity contribution >= 4 is 17.6 Å². The highest BCUT2D eigenvalue weighted by atomic mass is 16.6. The maximum Gasteiger partial charge on any atom is 0.311 e. The van der Waals surface area contributed by atoms with Gasteiger partial charge in [0.15, 0.2) is 5.75 Å². The monoisotopic (exact) mass is 310 g/mol. The van der Waals surface area contributed by atoms with E-state index in [1.807, 2.05) is 0 Å². The summed E-state index contributed by atoms with van der Waals surface area (Å²) in [5.74, 6) is -1.16. The van der Waals surface area contributed by atoms with Crippen molar-refractivity contribution in [3.05, 3.63) is 33.9 Å². The number of carboxylic acids is 1. The van der Waals surface area contributed by atoms with Crippen LogP contribution in [0, 0.1) is 10.1 Å². The maximum atomic E-state index is 11.9. The highest BCUT2D eigenvalue weighted by Crippen LogP contribution is 2.27. The molecule has 120 valence electrons. The summed E-state index contributed by atoms with van der Waals surface area (Å²) in [6.07, 6.45) is 2.00. The third kappa shape index (κ3) is 5.39. The van der Waals surface area contributed by atoms with E-state index in [0.29, 0.717) is 25.8 Å². The van der Waals surface area contributed by atoms with Crippen LogP contribution in [-0.4, -0.2) is 35.6 Å². The van der Waals surface area contributed by atoms with Crippen LogP contribution in [0.2, 0.25) is 0 Å². The first kappa shape index (κ1) is 17.4.